The maximum atomic E-state index is 3.54. The van der Waals surface area contributed by atoms with Crippen molar-refractivity contribution in [3.63, 3.8) is 0 Å². The zero-order valence-electron chi connectivity index (χ0n) is 10.7. The Morgan fingerprint density at radius 3 is 2.65 bits per heavy atom. The Hall–Kier alpha value is -2.83. The van der Waals surface area contributed by atoms with Crippen LogP contribution in [0.1, 0.15) is 11.3 Å². The van der Waals surface area contributed by atoms with Gasteiger partial charge in [-0.05, 0) is 12.1 Å². The van der Waals surface area contributed by atoms with Gasteiger partial charge >= 0.3 is 0 Å². The van der Waals surface area contributed by atoms with Gasteiger partial charge in [0.05, 0.1) is 22.5 Å². The van der Waals surface area contributed by atoms with Gasteiger partial charge in [0.15, 0.2) is 5.69 Å². The molecule has 4 aromatic rings. The van der Waals surface area contributed by atoms with Crippen LogP contribution >= 0.6 is 0 Å². The summed E-state index contributed by atoms with van der Waals surface area (Å²) in [4.78, 5) is 7.07. The lowest BCUT2D eigenvalue weighted by Crippen LogP contribution is -1.78. The number of rotatable bonds is 0. The molecule has 1 aliphatic carbocycles. The number of fused-ring (bicyclic) bond motifs is 7. The quantitative estimate of drug-likeness (QED) is 0.429. The van der Waals surface area contributed by atoms with Crippen molar-refractivity contribution in [3.8, 4) is 0 Å². The molecule has 0 saturated carbocycles. The topological polar surface area (TPSA) is 31.6 Å². The Balaban J connectivity index is 2.04. The molecule has 1 aliphatic rings. The van der Waals surface area contributed by atoms with Crippen LogP contribution in [-0.2, 0) is 0 Å². The number of para-hydroxylation sites is 1. The van der Waals surface area contributed by atoms with Crippen LogP contribution in [0.5, 0.6) is 0 Å². The number of hydrogen-bond donors (Lipinski definition) is 2. The molecule has 20 heavy (non-hydrogen) atoms. The van der Waals surface area contributed by atoms with Crippen molar-refractivity contribution in [1.82, 2.24) is 9.97 Å². The molecule has 0 amide bonds. The molecule has 2 nitrogen and oxygen atoms in total. The summed E-state index contributed by atoms with van der Waals surface area (Å²) < 4.78 is 0. The molecule has 0 bridgehead atoms. The van der Waals surface area contributed by atoms with Crippen molar-refractivity contribution in [1.29, 1.82) is 0 Å². The summed E-state index contributed by atoms with van der Waals surface area (Å²) in [6.07, 6.45) is 9.22. The average Bonchev–Trinajstić information content (AvgIpc) is 3.05. The number of benzene rings is 2. The molecule has 2 aromatic heterocycles. The van der Waals surface area contributed by atoms with Crippen LogP contribution in [0.15, 0.2) is 42.5 Å². The van der Waals surface area contributed by atoms with Crippen molar-refractivity contribution in [3.05, 3.63) is 59.8 Å². The Kier molecular flexibility index (Phi) is 1.69. The van der Waals surface area contributed by atoms with Crippen molar-refractivity contribution >= 4 is 44.9 Å². The second kappa shape index (κ2) is 3.38. The van der Waals surface area contributed by atoms with E-state index in [4.69, 9.17) is 0 Å². The zero-order valence-corrected chi connectivity index (χ0v) is 10.7. The average molecular weight is 255 g/mol. The summed E-state index contributed by atoms with van der Waals surface area (Å²) in [6.45, 7) is 0. The Labute approximate surface area is 115 Å². The van der Waals surface area contributed by atoms with Crippen LogP contribution in [0.4, 0.5) is 0 Å². The minimum Gasteiger partial charge on any atom is -0.353 e. The summed E-state index contributed by atoms with van der Waals surface area (Å²) in [5, 5.41) is 3.79. The van der Waals surface area contributed by atoms with Gasteiger partial charge in [-0.3, -0.25) is 0 Å². The standard InChI is InChI=1S/C18H11N2/c1-3-7-15-11(5-1)13-9-10-14-12-6-2-4-8-16(12)20-18(14)17(13)19-15/h1,3-10,19-20H/q+1. The molecule has 2 heteroatoms. The highest BCUT2D eigenvalue weighted by atomic mass is 14.8. The molecule has 0 radical (unpaired) electrons. The first-order valence-corrected chi connectivity index (χ1v) is 6.73. The molecular weight excluding hydrogens is 244 g/mol. The number of aromatic nitrogens is 2. The van der Waals surface area contributed by atoms with E-state index in [0.717, 1.165) is 5.69 Å². The lowest BCUT2D eigenvalue weighted by molar-refractivity contribution is 1.41. The largest absolute Gasteiger partial charge is 0.353 e. The van der Waals surface area contributed by atoms with Gasteiger partial charge in [0, 0.05) is 22.4 Å². The fourth-order valence-corrected chi connectivity index (χ4v) is 3.17. The van der Waals surface area contributed by atoms with Gasteiger partial charge in [-0.2, -0.15) is 0 Å². The van der Waals surface area contributed by atoms with Crippen molar-refractivity contribution in [2.24, 2.45) is 0 Å². The predicted octanol–water partition coefficient (Wildman–Crippen LogP) is 4.65. The lowest BCUT2D eigenvalue weighted by atomic mass is 10.1. The van der Waals surface area contributed by atoms with Crippen LogP contribution in [0.25, 0.3) is 44.9 Å². The van der Waals surface area contributed by atoms with Crippen LogP contribution < -0.4 is 0 Å². The van der Waals surface area contributed by atoms with Crippen LogP contribution in [0.2, 0.25) is 0 Å². The van der Waals surface area contributed by atoms with Gasteiger partial charge in [-0.1, -0.05) is 24.3 Å². The molecule has 2 aromatic carbocycles. The molecule has 0 unspecified atom stereocenters. The molecule has 0 atom stereocenters. The molecular formula is C18H11N2+. The molecule has 0 aliphatic heterocycles. The molecule has 0 fully saturated rings. The van der Waals surface area contributed by atoms with E-state index in [2.05, 4.69) is 58.5 Å². The smallest absolute Gasteiger partial charge is 0.161 e. The number of hydrogen-bond acceptors (Lipinski definition) is 0. The first-order chi connectivity index (χ1) is 9.92. The molecule has 92 valence electrons. The second-order valence-electron chi connectivity index (χ2n) is 5.18. The SMILES string of the molecule is [C+]1=Cc2c([nH]c3c2ccc2c4ccccc4[nH]c23)C=C1. The number of nitrogens with one attached hydrogen (secondary N) is 2. The molecule has 5 rings (SSSR count). The van der Waals surface area contributed by atoms with E-state index >= 15 is 0 Å². The van der Waals surface area contributed by atoms with E-state index in [1.54, 1.807) is 0 Å². The summed E-state index contributed by atoms with van der Waals surface area (Å²) in [5.74, 6) is 0. The third-order valence-electron chi connectivity index (χ3n) is 4.10. The van der Waals surface area contributed by atoms with Crippen LogP contribution in [0, 0.1) is 6.08 Å². The summed E-state index contributed by atoms with van der Waals surface area (Å²) in [7, 11) is 0. The monoisotopic (exact) mass is 255 g/mol. The van der Waals surface area contributed by atoms with Gasteiger partial charge in [-0.25, -0.2) is 0 Å². The molecule has 0 spiro atoms. The lowest BCUT2D eigenvalue weighted by Gasteiger charge is -1.92. The maximum absolute atomic E-state index is 3.54. The normalized spacial score (nSPS) is 13.2. The number of H-pyrrole nitrogens is 2. The third kappa shape index (κ3) is 1.12. The highest BCUT2D eigenvalue weighted by molar-refractivity contribution is 6.17. The van der Waals surface area contributed by atoms with Crippen molar-refractivity contribution < 1.29 is 0 Å². The van der Waals surface area contributed by atoms with E-state index in [1.165, 1.54) is 38.3 Å². The van der Waals surface area contributed by atoms with Crippen molar-refractivity contribution in [2.45, 2.75) is 0 Å². The van der Waals surface area contributed by atoms with Gasteiger partial charge < -0.3 is 9.97 Å². The first-order valence-electron chi connectivity index (χ1n) is 6.73. The Morgan fingerprint density at radius 1 is 0.800 bits per heavy atom. The predicted molar refractivity (Wildman–Crippen MR) is 84.4 cm³/mol. The summed E-state index contributed by atoms with van der Waals surface area (Å²) in [5.41, 5.74) is 5.92. The molecule has 2 heterocycles. The zero-order chi connectivity index (χ0) is 13.1. The highest BCUT2D eigenvalue weighted by Crippen LogP contribution is 2.34. The van der Waals surface area contributed by atoms with Gasteiger partial charge in [-0.15, -0.1) is 0 Å². The van der Waals surface area contributed by atoms with Crippen LogP contribution in [0.3, 0.4) is 0 Å². The van der Waals surface area contributed by atoms with E-state index < -0.39 is 0 Å². The van der Waals surface area contributed by atoms with Crippen LogP contribution in [-0.4, -0.2) is 9.97 Å². The summed E-state index contributed by atoms with van der Waals surface area (Å²) >= 11 is 0. The second-order valence-corrected chi connectivity index (χ2v) is 5.18. The fraction of sp³-hybridized carbons (Fsp3) is 0. The van der Waals surface area contributed by atoms with Gasteiger partial charge in [0.1, 0.15) is 17.7 Å². The molecule has 0 saturated heterocycles. The van der Waals surface area contributed by atoms with E-state index in [-0.39, 0.29) is 0 Å². The minimum atomic E-state index is 1.16. The summed E-state index contributed by atoms with van der Waals surface area (Å²) in [6, 6.07) is 12.8. The van der Waals surface area contributed by atoms with E-state index in [9.17, 15) is 0 Å². The van der Waals surface area contributed by atoms with Gasteiger partial charge in [0.2, 0.25) is 0 Å². The highest BCUT2D eigenvalue weighted by Gasteiger charge is 2.19. The number of allylic oxidation sites excluding steroid dienone is 2. The van der Waals surface area contributed by atoms with Crippen molar-refractivity contribution in [2.75, 3.05) is 0 Å². The Morgan fingerprint density at radius 2 is 1.65 bits per heavy atom. The number of aromatic amines is 2. The van der Waals surface area contributed by atoms with E-state index in [1.807, 2.05) is 12.2 Å². The Bertz CT molecular complexity index is 1040. The maximum Gasteiger partial charge on any atom is 0.161 e. The molecule has 2 N–H and O–H groups in total. The van der Waals surface area contributed by atoms with Gasteiger partial charge in [0.25, 0.3) is 0 Å². The minimum absolute atomic E-state index is 1.16. The first kappa shape index (κ1) is 10.0. The fourth-order valence-electron chi connectivity index (χ4n) is 3.17. The third-order valence-corrected chi connectivity index (χ3v) is 4.10. The van der Waals surface area contributed by atoms with E-state index in [0.29, 0.717) is 0 Å².